The van der Waals surface area contributed by atoms with Crippen LogP contribution in [0, 0.1) is 0 Å². The Kier molecular flexibility index (Phi) is 3.23. The van der Waals surface area contributed by atoms with E-state index >= 15 is 0 Å². The Hall–Kier alpha value is -1.06. The number of β-amino-alcohol motifs (C(OH)–C–C–N with tert-alkyl or cyclic N) is 1. The molecule has 0 radical (unpaired) electrons. The minimum atomic E-state index is -0.402. The molecular weight excluding hydrogens is 190 g/mol. The number of methoxy groups -OCH3 is 1. The molecule has 1 aliphatic rings. The second-order valence-electron chi connectivity index (χ2n) is 3.93. The van der Waals surface area contributed by atoms with E-state index < -0.39 is 6.10 Å². The molecule has 1 atom stereocenters. The fourth-order valence-corrected chi connectivity index (χ4v) is 2.10. The Morgan fingerprint density at radius 2 is 2.27 bits per heavy atom. The standard InChI is InChI=1S/C12H17NO2/c1-15-9-11(14)8-13-7-6-10-4-2-3-5-12(10)13/h2-5,11,14H,6-9H2,1H3. The summed E-state index contributed by atoms with van der Waals surface area (Å²) in [6.45, 7) is 2.06. The second kappa shape index (κ2) is 4.64. The molecule has 0 saturated heterocycles. The summed E-state index contributed by atoms with van der Waals surface area (Å²) < 4.78 is 4.93. The Morgan fingerprint density at radius 1 is 1.47 bits per heavy atom. The van der Waals surface area contributed by atoms with Crippen LogP contribution in [0.2, 0.25) is 0 Å². The molecule has 0 aliphatic carbocycles. The van der Waals surface area contributed by atoms with Gasteiger partial charge in [-0.05, 0) is 18.1 Å². The molecule has 3 nitrogen and oxygen atoms in total. The molecule has 1 N–H and O–H groups in total. The van der Waals surface area contributed by atoms with E-state index in [2.05, 4.69) is 23.1 Å². The van der Waals surface area contributed by atoms with Crippen LogP contribution in [0.5, 0.6) is 0 Å². The van der Waals surface area contributed by atoms with Gasteiger partial charge in [0.1, 0.15) is 0 Å². The summed E-state index contributed by atoms with van der Waals surface area (Å²) in [4.78, 5) is 2.22. The van der Waals surface area contributed by atoms with Gasteiger partial charge >= 0.3 is 0 Å². The van der Waals surface area contributed by atoms with Crippen molar-refractivity contribution in [3.05, 3.63) is 29.8 Å². The zero-order chi connectivity index (χ0) is 10.7. The van der Waals surface area contributed by atoms with Crippen molar-refractivity contribution in [3.8, 4) is 0 Å². The number of anilines is 1. The molecule has 1 unspecified atom stereocenters. The molecule has 0 saturated carbocycles. The van der Waals surface area contributed by atoms with Crippen molar-refractivity contribution in [2.45, 2.75) is 12.5 Å². The molecule has 0 bridgehead atoms. The van der Waals surface area contributed by atoms with Gasteiger partial charge in [0, 0.05) is 25.9 Å². The number of aliphatic hydroxyl groups excluding tert-OH is 1. The third kappa shape index (κ3) is 2.30. The summed E-state index contributed by atoms with van der Waals surface area (Å²) in [7, 11) is 1.61. The van der Waals surface area contributed by atoms with Gasteiger partial charge in [-0.1, -0.05) is 18.2 Å². The predicted molar refractivity (Wildman–Crippen MR) is 60.2 cm³/mol. The van der Waals surface area contributed by atoms with E-state index in [4.69, 9.17) is 4.74 Å². The summed E-state index contributed by atoms with van der Waals surface area (Å²) in [6, 6.07) is 8.37. The topological polar surface area (TPSA) is 32.7 Å². The zero-order valence-corrected chi connectivity index (χ0v) is 9.02. The van der Waals surface area contributed by atoms with E-state index in [1.54, 1.807) is 7.11 Å². The van der Waals surface area contributed by atoms with Crippen LogP contribution in [0.3, 0.4) is 0 Å². The van der Waals surface area contributed by atoms with E-state index in [0.717, 1.165) is 13.0 Å². The minimum Gasteiger partial charge on any atom is -0.389 e. The number of benzene rings is 1. The number of rotatable bonds is 4. The maximum Gasteiger partial charge on any atom is 0.0947 e. The van der Waals surface area contributed by atoms with E-state index in [-0.39, 0.29) is 0 Å². The lowest BCUT2D eigenvalue weighted by atomic mass is 10.2. The van der Waals surface area contributed by atoms with Crippen LogP contribution in [-0.2, 0) is 11.2 Å². The molecule has 0 amide bonds. The molecule has 1 aliphatic heterocycles. The van der Waals surface area contributed by atoms with Crippen molar-refractivity contribution in [2.75, 3.05) is 31.7 Å². The van der Waals surface area contributed by atoms with Gasteiger partial charge in [0.15, 0.2) is 0 Å². The summed E-state index contributed by atoms with van der Waals surface area (Å²) >= 11 is 0. The van der Waals surface area contributed by atoms with Crippen LogP contribution in [-0.4, -0.2) is 38.0 Å². The molecule has 2 rings (SSSR count). The summed E-state index contributed by atoms with van der Waals surface area (Å²) in [5, 5.41) is 9.67. The van der Waals surface area contributed by atoms with Gasteiger partial charge in [0.05, 0.1) is 12.7 Å². The highest BCUT2D eigenvalue weighted by molar-refractivity contribution is 5.57. The molecular formula is C12H17NO2. The molecule has 0 spiro atoms. The average Bonchev–Trinajstić information content (AvgIpc) is 2.62. The lowest BCUT2D eigenvalue weighted by Gasteiger charge is -2.22. The highest BCUT2D eigenvalue weighted by Crippen LogP contribution is 2.27. The Balaban J connectivity index is 2.01. The van der Waals surface area contributed by atoms with Crippen LogP contribution in [0.15, 0.2) is 24.3 Å². The van der Waals surface area contributed by atoms with E-state index in [1.807, 2.05) is 6.07 Å². The van der Waals surface area contributed by atoms with Crippen molar-refractivity contribution < 1.29 is 9.84 Å². The molecule has 0 fully saturated rings. The van der Waals surface area contributed by atoms with Gasteiger partial charge in [-0.2, -0.15) is 0 Å². The lowest BCUT2D eigenvalue weighted by Crippen LogP contribution is -2.33. The van der Waals surface area contributed by atoms with E-state index in [0.29, 0.717) is 13.2 Å². The zero-order valence-electron chi connectivity index (χ0n) is 9.02. The number of ether oxygens (including phenoxy) is 1. The third-order valence-electron chi connectivity index (χ3n) is 2.77. The number of para-hydroxylation sites is 1. The summed E-state index contributed by atoms with van der Waals surface area (Å²) in [5.41, 5.74) is 2.63. The molecule has 1 heterocycles. The van der Waals surface area contributed by atoms with Crippen molar-refractivity contribution in [2.24, 2.45) is 0 Å². The third-order valence-corrected chi connectivity index (χ3v) is 2.77. The maximum absolute atomic E-state index is 9.67. The Labute approximate surface area is 90.3 Å². The smallest absolute Gasteiger partial charge is 0.0947 e. The SMILES string of the molecule is COCC(O)CN1CCc2ccccc21. The van der Waals surface area contributed by atoms with Gasteiger partial charge in [0.2, 0.25) is 0 Å². The number of hydrogen-bond donors (Lipinski definition) is 1. The summed E-state index contributed by atoms with van der Waals surface area (Å²) in [6.07, 6.45) is 0.678. The van der Waals surface area contributed by atoms with Crippen molar-refractivity contribution in [1.82, 2.24) is 0 Å². The normalized spacial score (nSPS) is 16.5. The van der Waals surface area contributed by atoms with Crippen LogP contribution in [0.25, 0.3) is 0 Å². The number of aliphatic hydroxyl groups is 1. The number of fused-ring (bicyclic) bond motifs is 1. The number of hydrogen-bond acceptors (Lipinski definition) is 3. The Morgan fingerprint density at radius 3 is 3.07 bits per heavy atom. The molecule has 82 valence electrons. The quantitative estimate of drug-likeness (QED) is 0.801. The molecule has 1 aromatic carbocycles. The Bertz CT molecular complexity index is 327. The van der Waals surface area contributed by atoms with Gasteiger partial charge in [-0.3, -0.25) is 0 Å². The first-order valence-electron chi connectivity index (χ1n) is 5.31. The maximum atomic E-state index is 9.67. The fraction of sp³-hybridized carbons (Fsp3) is 0.500. The van der Waals surface area contributed by atoms with E-state index in [1.165, 1.54) is 11.3 Å². The lowest BCUT2D eigenvalue weighted by molar-refractivity contribution is 0.0691. The highest BCUT2D eigenvalue weighted by Gasteiger charge is 2.20. The van der Waals surface area contributed by atoms with Crippen molar-refractivity contribution in [3.63, 3.8) is 0 Å². The molecule has 15 heavy (non-hydrogen) atoms. The van der Waals surface area contributed by atoms with Gasteiger partial charge in [-0.15, -0.1) is 0 Å². The highest BCUT2D eigenvalue weighted by atomic mass is 16.5. The minimum absolute atomic E-state index is 0.401. The second-order valence-corrected chi connectivity index (χ2v) is 3.93. The monoisotopic (exact) mass is 207 g/mol. The average molecular weight is 207 g/mol. The van der Waals surface area contributed by atoms with E-state index in [9.17, 15) is 5.11 Å². The first-order valence-corrected chi connectivity index (χ1v) is 5.31. The fourth-order valence-electron chi connectivity index (χ4n) is 2.10. The van der Waals surface area contributed by atoms with Gasteiger partial charge in [-0.25, -0.2) is 0 Å². The molecule has 0 aromatic heterocycles. The van der Waals surface area contributed by atoms with Gasteiger partial charge < -0.3 is 14.7 Å². The predicted octanol–water partition coefficient (Wildman–Crippen LogP) is 1.06. The van der Waals surface area contributed by atoms with Crippen molar-refractivity contribution >= 4 is 5.69 Å². The summed E-state index contributed by atoms with van der Waals surface area (Å²) in [5.74, 6) is 0. The largest absolute Gasteiger partial charge is 0.389 e. The number of nitrogens with zero attached hydrogens (tertiary/aromatic N) is 1. The first kappa shape index (κ1) is 10.5. The van der Waals surface area contributed by atoms with Crippen LogP contribution in [0.1, 0.15) is 5.56 Å². The molecule has 1 aromatic rings. The van der Waals surface area contributed by atoms with Crippen LogP contribution >= 0.6 is 0 Å². The van der Waals surface area contributed by atoms with Crippen molar-refractivity contribution in [1.29, 1.82) is 0 Å². The van der Waals surface area contributed by atoms with Crippen LogP contribution in [0.4, 0.5) is 5.69 Å². The van der Waals surface area contributed by atoms with Crippen LogP contribution < -0.4 is 4.90 Å². The first-order chi connectivity index (χ1) is 7.31. The van der Waals surface area contributed by atoms with Gasteiger partial charge in [0.25, 0.3) is 0 Å². The molecule has 3 heteroatoms.